The van der Waals surface area contributed by atoms with E-state index in [0.717, 1.165) is 49.6 Å². The number of carbonyl (C=O) groups is 1. The summed E-state index contributed by atoms with van der Waals surface area (Å²) in [6.45, 7) is 11.8. The van der Waals surface area contributed by atoms with Crippen LogP contribution in [0.15, 0.2) is 30.0 Å². The predicted octanol–water partition coefficient (Wildman–Crippen LogP) is 1.47. The molecule has 1 aromatic carbocycles. The van der Waals surface area contributed by atoms with Crippen molar-refractivity contribution in [2.75, 3.05) is 45.9 Å². The van der Waals surface area contributed by atoms with Crippen LogP contribution in [-0.2, 0) is 4.79 Å². The third kappa shape index (κ3) is 6.55. The first-order chi connectivity index (χ1) is 13.5. The zero-order valence-corrected chi connectivity index (χ0v) is 17.0. The SMILES string of the molecule is CCOc1ccc(C)cc1C(C)N/C=C(/C#N)C(=O)NCCN1CCNCC1. The van der Waals surface area contributed by atoms with Gasteiger partial charge in [-0.05, 0) is 26.8 Å². The lowest BCUT2D eigenvalue weighted by Gasteiger charge is -2.27. The summed E-state index contributed by atoms with van der Waals surface area (Å²) in [6, 6.07) is 7.89. The minimum absolute atomic E-state index is 0.0674. The Labute approximate surface area is 167 Å². The minimum atomic E-state index is -0.355. The maximum atomic E-state index is 12.3. The lowest BCUT2D eigenvalue weighted by Crippen LogP contribution is -2.46. The summed E-state index contributed by atoms with van der Waals surface area (Å²) in [7, 11) is 0. The topological polar surface area (TPSA) is 89.4 Å². The Bertz CT molecular complexity index is 720. The molecule has 1 aromatic rings. The van der Waals surface area contributed by atoms with Gasteiger partial charge in [-0.15, -0.1) is 0 Å². The lowest BCUT2D eigenvalue weighted by atomic mass is 10.0. The standard InChI is InChI=1S/C21H31N5O2/c1-4-28-20-6-5-16(2)13-19(20)17(3)25-15-18(14-22)21(27)24-9-12-26-10-7-23-8-11-26/h5-6,13,15,17,23,25H,4,7-12H2,1-3H3,(H,24,27)/b18-15-. The van der Waals surface area contributed by atoms with E-state index in [-0.39, 0.29) is 17.5 Å². The Morgan fingerprint density at radius 2 is 2.18 bits per heavy atom. The van der Waals surface area contributed by atoms with E-state index in [1.807, 2.05) is 39.0 Å². The Hall–Kier alpha value is -2.56. The van der Waals surface area contributed by atoms with Gasteiger partial charge in [0.25, 0.3) is 5.91 Å². The fourth-order valence-corrected chi connectivity index (χ4v) is 3.10. The van der Waals surface area contributed by atoms with Crippen molar-refractivity contribution in [2.45, 2.75) is 26.8 Å². The highest BCUT2D eigenvalue weighted by Crippen LogP contribution is 2.26. The first-order valence-corrected chi connectivity index (χ1v) is 9.86. The molecule has 0 radical (unpaired) electrons. The molecule has 7 heteroatoms. The molecular weight excluding hydrogens is 354 g/mol. The summed E-state index contributed by atoms with van der Waals surface area (Å²) in [5.74, 6) is 0.451. The molecule has 1 aliphatic heterocycles. The number of carbonyl (C=O) groups excluding carboxylic acids is 1. The van der Waals surface area contributed by atoms with Crippen molar-refractivity contribution in [2.24, 2.45) is 0 Å². The summed E-state index contributed by atoms with van der Waals surface area (Å²) < 4.78 is 5.69. The Kier molecular flexibility index (Phi) is 8.79. The van der Waals surface area contributed by atoms with Crippen LogP contribution in [0.2, 0.25) is 0 Å². The Morgan fingerprint density at radius 1 is 1.43 bits per heavy atom. The average Bonchev–Trinajstić information content (AvgIpc) is 2.70. The van der Waals surface area contributed by atoms with E-state index >= 15 is 0 Å². The van der Waals surface area contributed by atoms with Crippen molar-refractivity contribution < 1.29 is 9.53 Å². The first-order valence-electron chi connectivity index (χ1n) is 9.86. The molecule has 152 valence electrons. The van der Waals surface area contributed by atoms with Gasteiger partial charge in [0, 0.05) is 51.0 Å². The van der Waals surface area contributed by atoms with Crippen molar-refractivity contribution in [3.05, 3.63) is 41.1 Å². The summed E-state index contributed by atoms with van der Waals surface area (Å²) in [5, 5.41) is 18.6. The van der Waals surface area contributed by atoms with E-state index in [1.54, 1.807) is 0 Å². The molecule has 0 bridgehead atoms. The van der Waals surface area contributed by atoms with Crippen molar-refractivity contribution in [1.29, 1.82) is 5.26 Å². The fraction of sp³-hybridized carbons (Fsp3) is 0.524. The number of rotatable bonds is 9. The van der Waals surface area contributed by atoms with Crippen molar-refractivity contribution in [3.63, 3.8) is 0 Å². The molecule has 28 heavy (non-hydrogen) atoms. The van der Waals surface area contributed by atoms with Gasteiger partial charge in [-0.2, -0.15) is 5.26 Å². The number of nitriles is 1. The van der Waals surface area contributed by atoms with Crippen molar-refractivity contribution in [1.82, 2.24) is 20.9 Å². The quantitative estimate of drug-likeness (QED) is 0.441. The van der Waals surface area contributed by atoms with Gasteiger partial charge in [-0.25, -0.2) is 0 Å². The van der Waals surface area contributed by atoms with E-state index in [4.69, 9.17) is 4.74 Å². The fourth-order valence-electron chi connectivity index (χ4n) is 3.10. The predicted molar refractivity (Wildman–Crippen MR) is 110 cm³/mol. The Balaban J connectivity index is 1.91. The maximum absolute atomic E-state index is 12.3. The molecule has 1 amide bonds. The second-order valence-corrected chi connectivity index (χ2v) is 6.88. The molecular formula is C21H31N5O2. The zero-order chi connectivity index (χ0) is 20.4. The number of benzene rings is 1. The number of amides is 1. The van der Waals surface area contributed by atoms with E-state index in [1.165, 1.54) is 6.20 Å². The van der Waals surface area contributed by atoms with Crippen LogP contribution in [0.3, 0.4) is 0 Å². The zero-order valence-electron chi connectivity index (χ0n) is 17.0. The third-order valence-electron chi connectivity index (χ3n) is 4.70. The van der Waals surface area contributed by atoms with E-state index in [0.29, 0.717) is 13.2 Å². The molecule has 1 saturated heterocycles. The molecule has 0 saturated carbocycles. The van der Waals surface area contributed by atoms with Gasteiger partial charge in [0.05, 0.1) is 12.6 Å². The average molecular weight is 386 g/mol. The van der Waals surface area contributed by atoms with Gasteiger partial charge in [-0.3, -0.25) is 9.69 Å². The number of nitrogens with one attached hydrogen (secondary N) is 3. The molecule has 0 spiro atoms. The summed E-state index contributed by atoms with van der Waals surface area (Å²) >= 11 is 0. The van der Waals surface area contributed by atoms with Crippen LogP contribution >= 0.6 is 0 Å². The highest BCUT2D eigenvalue weighted by atomic mass is 16.5. The highest BCUT2D eigenvalue weighted by Gasteiger charge is 2.14. The van der Waals surface area contributed by atoms with Crippen LogP contribution < -0.4 is 20.7 Å². The second-order valence-electron chi connectivity index (χ2n) is 6.88. The number of ether oxygens (including phenoxy) is 1. The van der Waals surface area contributed by atoms with E-state index in [9.17, 15) is 10.1 Å². The van der Waals surface area contributed by atoms with Crippen molar-refractivity contribution >= 4 is 5.91 Å². The maximum Gasteiger partial charge on any atom is 0.263 e. The van der Waals surface area contributed by atoms with Crippen LogP contribution in [0.4, 0.5) is 0 Å². The molecule has 3 N–H and O–H groups in total. The molecule has 7 nitrogen and oxygen atoms in total. The number of piperazine rings is 1. The molecule has 1 atom stereocenters. The van der Waals surface area contributed by atoms with Gasteiger partial charge in [0.2, 0.25) is 0 Å². The third-order valence-corrected chi connectivity index (χ3v) is 4.70. The lowest BCUT2D eigenvalue weighted by molar-refractivity contribution is -0.117. The number of hydrogen-bond acceptors (Lipinski definition) is 6. The first kappa shape index (κ1) is 21.7. The largest absolute Gasteiger partial charge is 0.494 e. The van der Waals surface area contributed by atoms with Crippen LogP contribution in [-0.4, -0.2) is 56.7 Å². The van der Waals surface area contributed by atoms with Crippen LogP contribution in [0.1, 0.15) is 31.0 Å². The van der Waals surface area contributed by atoms with Crippen LogP contribution in [0.5, 0.6) is 5.75 Å². The summed E-state index contributed by atoms with van der Waals surface area (Å²) in [6.07, 6.45) is 1.49. The van der Waals surface area contributed by atoms with Gasteiger partial charge < -0.3 is 20.7 Å². The second kappa shape index (κ2) is 11.3. The summed E-state index contributed by atoms with van der Waals surface area (Å²) in [4.78, 5) is 14.6. The molecule has 1 heterocycles. The van der Waals surface area contributed by atoms with Crippen LogP contribution in [0, 0.1) is 18.3 Å². The molecule has 2 rings (SSSR count). The van der Waals surface area contributed by atoms with E-state index < -0.39 is 0 Å². The van der Waals surface area contributed by atoms with Crippen LogP contribution in [0.25, 0.3) is 0 Å². The van der Waals surface area contributed by atoms with Gasteiger partial charge in [0.15, 0.2) is 0 Å². The molecule has 1 fully saturated rings. The molecule has 1 aliphatic rings. The van der Waals surface area contributed by atoms with Gasteiger partial charge in [0.1, 0.15) is 17.4 Å². The molecule has 0 aromatic heterocycles. The van der Waals surface area contributed by atoms with E-state index in [2.05, 4.69) is 26.9 Å². The number of aryl methyl sites for hydroxylation is 1. The highest BCUT2D eigenvalue weighted by molar-refractivity contribution is 5.97. The molecule has 0 aliphatic carbocycles. The monoisotopic (exact) mass is 385 g/mol. The molecule has 1 unspecified atom stereocenters. The van der Waals surface area contributed by atoms with Gasteiger partial charge in [-0.1, -0.05) is 17.7 Å². The smallest absolute Gasteiger partial charge is 0.263 e. The van der Waals surface area contributed by atoms with Crippen molar-refractivity contribution in [3.8, 4) is 11.8 Å². The van der Waals surface area contributed by atoms with Gasteiger partial charge >= 0.3 is 0 Å². The number of nitrogens with zero attached hydrogens (tertiary/aromatic N) is 2. The normalized spacial score (nSPS) is 16.1. The minimum Gasteiger partial charge on any atom is -0.494 e. The Morgan fingerprint density at radius 3 is 2.86 bits per heavy atom. The number of hydrogen-bond donors (Lipinski definition) is 3. The summed E-state index contributed by atoms with van der Waals surface area (Å²) in [5.41, 5.74) is 2.19.